The minimum atomic E-state index is -2.09. The van der Waals surface area contributed by atoms with Gasteiger partial charge in [0, 0.05) is 6.54 Å². The van der Waals surface area contributed by atoms with Gasteiger partial charge >= 0.3 is 5.97 Å². The van der Waals surface area contributed by atoms with E-state index in [-0.39, 0.29) is 24.3 Å². The van der Waals surface area contributed by atoms with Gasteiger partial charge in [0.1, 0.15) is 0 Å². The molecule has 0 spiro atoms. The highest BCUT2D eigenvalue weighted by molar-refractivity contribution is 5.77. The van der Waals surface area contributed by atoms with Crippen molar-refractivity contribution in [2.45, 2.75) is 32.9 Å². The van der Waals surface area contributed by atoms with E-state index in [1.54, 1.807) is 0 Å². The Balaban J connectivity index is 2.74. The summed E-state index contributed by atoms with van der Waals surface area (Å²) in [4.78, 5) is 10.7. The Hall–Kier alpha value is -0.640. The summed E-state index contributed by atoms with van der Waals surface area (Å²) in [6.07, 6.45) is 0.110. The van der Waals surface area contributed by atoms with Crippen LogP contribution in [-0.2, 0) is 4.79 Å². The zero-order valence-electron chi connectivity index (χ0n) is 8.93. The Morgan fingerprint density at radius 1 is 1.57 bits per heavy atom. The molecule has 0 aromatic carbocycles. The summed E-state index contributed by atoms with van der Waals surface area (Å²) in [5.41, 5.74) is -2.14. The Bertz CT molecular complexity index is 237. The summed E-state index contributed by atoms with van der Waals surface area (Å²) in [7, 11) is 0. The lowest BCUT2D eigenvalue weighted by Crippen LogP contribution is -2.53. The number of rotatable bonds is 1. The molecule has 0 unspecified atom stereocenters. The van der Waals surface area contributed by atoms with E-state index >= 15 is 0 Å². The maximum Gasteiger partial charge on any atom is 0.342 e. The molecule has 82 valence electrons. The number of hydrogen-bond donors (Lipinski definition) is 2. The first-order valence-electron chi connectivity index (χ1n) is 4.89. The van der Waals surface area contributed by atoms with E-state index < -0.39 is 11.6 Å². The molecule has 2 N–H and O–H groups in total. The lowest BCUT2D eigenvalue weighted by atomic mass is 9.73. The molecule has 1 rings (SSSR count). The first kappa shape index (κ1) is 11.4. The van der Waals surface area contributed by atoms with Crippen LogP contribution in [0.2, 0.25) is 0 Å². The van der Waals surface area contributed by atoms with Crippen LogP contribution in [0.1, 0.15) is 27.2 Å². The average molecular weight is 203 g/mol. The zero-order valence-corrected chi connectivity index (χ0v) is 8.93. The van der Waals surface area contributed by atoms with E-state index in [0.717, 1.165) is 0 Å². The van der Waals surface area contributed by atoms with Gasteiger partial charge in [0.05, 0.1) is 0 Å². The summed E-state index contributed by atoms with van der Waals surface area (Å²) in [5.74, 6) is -1.28. The van der Waals surface area contributed by atoms with E-state index in [2.05, 4.69) is 5.32 Å². The molecule has 0 aromatic heterocycles. The molecule has 14 heavy (non-hydrogen) atoms. The van der Waals surface area contributed by atoms with E-state index in [0.29, 0.717) is 6.54 Å². The highest BCUT2D eigenvalue weighted by Crippen LogP contribution is 2.36. The van der Waals surface area contributed by atoms with Crippen LogP contribution >= 0.6 is 0 Å². The zero-order chi connectivity index (χ0) is 11.0. The van der Waals surface area contributed by atoms with Gasteiger partial charge in [0.2, 0.25) is 5.67 Å². The molecular weight excluding hydrogens is 185 g/mol. The number of alkyl halides is 1. The van der Waals surface area contributed by atoms with Gasteiger partial charge in [-0.3, -0.25) is 0 Å². The van der Waals surface area contributed by atoms with Crippen molar-refractivity contribution < 1.29 is 14.3 Å². The van der Waals surface area contributed by atoms with Gasteiger partial charge in [-0.05, 0) is 24.3 Å². The fourth-order valence-corrected chi connectivity index (χ4v) is 1.75. The van der Waals surface area contributed by atoms with Gasteiger partial charge in [0.25, 0.3) is 0 Å². The largest absolute Gasteiger partial charge is 0.479 e. The monoisotopic (exact) mass is 203 g/mol. The van der Waals surface area contributed by atoms with Crippen molar-refractivity contribution in [1.82, 2.24) is 5.32 Å². The predicted octanol–water partition coefficient (Wildman–Crippen LogP) is 1.43. The van der Waals surface area contributed by atoms with Crippen LogP contribution in [0, 0.1) is 11.3 Å². The van der Waals surface area contributed by atoms with Crippen LogP contribution in [-0.4, -0.2) is 29.8 Å². The molecule has 2 atom stereocenters. The lowest BCUT2D eigenvalue weighted by Gasteiger charge is -2.39. The van der Waals surface area contributed by atoms with Gasteiger partial charge in [-0.15, -0.1) is 0 Å². The second-order valence-electron chi connectivity index (χ2n) is 5.17. The van der Waals surface area contributed by atoms with Gasteiger partial charge in [-0.25, -0.2) is 9.18 Å². The number of aliphatic carboxylic acids is 1. The second kappa shape index (κ2) is 3.50. The number of carboxylic acid groups (broad SMARTS) is 1. The molecule has 1 heterocycles. The van der Waals surface area contributed by atoms with Crippen molar-refractivity contribution in [2.75, 3.05) is 13.1 Å². The second-order valence-corrected chi connectivity index (χ2v) is 5.17. The van der Waals surface area contributed by atoms with Crippen molar-refractivity contribution >= 4 is 5.97 Å². The molecule has 0 radical (unpaired) electrons. The lowest BCUT2D eigenvalue weighted by molar-refractivity contribution is -0.154. The Kier molecular flexibility index (Phi) is 2.86. The van der Waals surface area contributed by atoms with Gasteiger partial charge in [-0.1, -0.05) is 20.8 Å². The maximum atomic E-state index is 13.8. The third kappa shape index (κ3) is 2.23. The fraction of sp³-hybridized carbons (Fsp3) is 0.900. The molecule has 0 amide bonds. The van der Waals surface area contributed by atoms with E-state index in [1.807, 2.05) is 20.8 Å². The molecular formula is C10H18FNO2. The Morgan fingerprint density at radius 2 is 2.14 bits per heavy atom. The number of carbonyl (C=O) groups is 1. The number of hydrogen-bond acceptors (Lipinski definition) is 2. The predicted molar refractivity (Wildman–Crippen MR) is 51.9 cm³/mol. The van der Waals surface area contributed by atoms with Gasteiger partial charge in [-0.2, -0.15) is 0 Å². The highest BCUT2D eigenvalue weighted by atomic mass is 19.1. The minimum absolute atomic E-state index is 0.0553. The van der Waals surface area contributed by atoms with Crippen LogP contribution in [0.3, 0.4) is 0 Å². The molecule has 0 bridgehead atoms. The van der Waals surface area contributed by atoms with Crippen LogP contribution in [0.25, 0.3) is 0 Å². The van der Waals surface area contributed by atoms with E-state index in [1.165, 1.54) is 0 Å². The van der Waals surface area contributed by atoms with Gasteiger partial charge < -0.3 is 10.4 Å². The smallest absolute Gasteiger partial charge is 0.342 e. The Labute approximate surface area is 83.7 Å². The van der Waals surface area contributed by atoms with E-state index in [4.69, 9.17) is 5.11 Å². The number of piperidine rings is 1. The summed E-state index contributed by atoms with van der Waals surface area (Å²) in [6, 6.07) is 0. The molecule has 0 saturated carbocycles. The van der Waals surface area contributed by atoms with Crippen LogP contribution in [0.5, 0.6) is 0 Å². The number of carboxylic acids is 1. The van der Waals surface area contributed by atoms with Crippen LogP contribution < -0.4 is 5.32 Å². The first-order chi connectivity index (χ1) is 6.26. The molecule has 4 heteroatoms. The molecule has 0 aliphatic carbocycles. The van der Waals surface area contributed by atoms with E-state index in [9.17, 15) is 9.18 Å². The molecule has 1 aliphatic rings. The number of nitrogens with one attached hydrogen (secondary N) is 1. The van der Waals surface area contributed by atoms with Crippen molar-refractivity contribution in [1.29, 1.82) is 0 Å². The quantitative estimate of drug-likeness (QED) is 0.678. The minimum Gasteiger partial charge on any atom is -0.479 e. The standard InChI is InChI=1S/C10H18FNO2/c1-9(2,3)7-4-10(11,8(13)14)6-12-5-7/h7,12H,4-6H2,1-3H3,(H,13,14)/t7-,10+/m1/s1. The molecule has 1 saturated heterocycles. The number of halogens is 1. The molecule has 1 fully saturated rings. The average Bonchev–Trinajstić information content (AvgIpc) is 2.02. The molecule has 0 aromatic rings. The van der Waals surface area contributed by atoms with Crippen LogP contribution in [0.15, 0.2) is 0 Å². The van der Waals surface area contributed by atoms with Crippen LogP contribution in [0.4, 0.5) is 4.39 Å². The van der Waals surface area contributed by atoms with Crippen molar-refractivity contribution in [3.63, 3.8) is 0 Å². The van der Waals surface area contributed by atoms with Gasteiger partial charge in [0.15, 0.2) is 0 Å². The molecule has 1 aliphatic heterocycles. The summed E-state index contributed by atoms with van der Waals surface area (Å²) in [5, 5.41) is 11.6. The fourth-order valence-electron chi connectivity index (χ4n) is 1.75. The molecule has 3 nitrogen and oxygen atoms in total. The normalized spacial score (nSPS) is 34.1. The third-order valence-electron chi connectivity index (χ3n) is 2.97. The van der Waals surface area contributed by atoms with Crippen molar-refractivity contribution in [3.05, 3.63) is 0 Å². The third-order valence-corrected chi connectivity index (χ3v) is 2.97. The summed E-state index contributed by atoms with van der Waals surface area (Å²) in [6.45, 7) is 6.64. The summed E-state index contributed by atoms with van der Waals surface area (Å²) >= 11 is 0. The SMILES string of the molecule is CC(C)(C)[C@H]1CNC[C@](F)(C(=O)O)C1. The van der Waals surface area contributed by atoms with Crippen molar-refractivity contribution in [2.24, 2.45) is 11.3 Å². The maximum absolute atomic E-state index is 13.8. The topological polar surface area (TPSA) is 49.3 Å². The van der Waals surface area contributed by atoms with Crippen molar-refractivity contribution in [3.8, 4) is 0 Å². The Morgan fingerprint density at radius 3 is 2.57 bits per heavy atom. The highest BCUT2D eigenvalue weighted by Gasteiger charge is 2.46. The first-order valence-corrected chi connectivity index (χ1v) is 4.89. The summed E-state index contributed by atoms with van der Waals surface area (Å²) < 4.78 is 13.8.